The van der Waals surface area contributed by atoms with E-state index in [1.807, 2.05) is 13.8 Å². The predicted molar refractivity (Wildman–Crippen MR) is 74.8 cm³/mol. The van der Waals surface area contributed by atoms with Crippen molar-refractivity contribution in [3.8, 4) is 0 Å². The normalized spacial score (nSPS) is 18.0. The van der Waals surface area contributed by atoms with Gasteiger partial charge in [0, 0.05) is 30.7 Å². The molecular formula is C15H22N2O. The first-order chi connectivity index (χ1) is 8.58. The lowest BCUT2D eigenvalue weighted by Crippen LogP contribution is -2.36. The molecule has 0 radical (unpaired) electrons. The minimum absolute atomic E-state index is 0.140. The molecule has 0 fully saturated rings. The maximum Gasteiger partial charge on any atom is 0.221 e. The molecule has 98 valence electrons. The van der Waals surface area contributed by atoms with E-state index in [1.165, 1.54) is 11.3 Å². The van der Waals surface area contributed by atoms with Crippen LogP contribution < -0.4 is 10.2 Å². The number of fused-ring (bicyclic) bond motifs is 1. The van der Waals surface area contributed by atoms with Gasteiger partial charge in [0.1, 0.15) is 0 Å². The van der Waals surface area contributed by atoms with Crippen LogP contribution in [0.3, 0.4) is 0 Å². The van der Waals surface area contributed by atoms with Gasteiger partial charge in [-0.05, 0) is 38.8 Å². The number of carbonyl (C=O) groups excluding carboxylic acids is 1. The fraction of sp³-hybridized carbons (Fsp3) is 0.533. The molecule has 0 saturated heterocycles. The summed E-state index contributed by atoms with van der Waals surface area (Å²) in [5.41, 5.74) is 2.69. The van der Waals surface area contributed by atoms with Gasteiger partial charge in [-0.15, -0.1) is 0 Å². The topological polar surface area (TPSA) is 32.3 Å². The molecule has 1 amide bonds. The summed E-state index contributed by atoms with van der Waals surface area (Å²) < 4.78 is 0. The van der Waals surface area contributed by atoms with Crippen LogP contribution in [0.5, 0.6) is 0 Å². The number of benzene rings is 1. The van der Waals surface area contributed by atoms with E-state index in [4.69, 9.17) is 0 Å². The van der Waals surface area contributed by atoms with Crippen molar-refractivity contribution in [2.24, 2.45) is 0 Å². The summed E-state index contributed by atoms with van der Waals surface area (Å²) in [6.45, 7) is 7.01. The van der Waals surface area contributed by atoms with Crippen molar-refractivity contribution in [1.29, 1.82) is 0 Å². The maximum absolute atomic E-state index is 11.7. The Morgan fingerprint density at radius 3 is 2.89 bits per heavy atom. The Hall–Kier alpha value is -1.51. The second kappa shape index (κ2) is 5.42. The summed E-state index contributed by atoms with van der Waals surface area (Å²) in [6.07, 6.45) is 1.65. The van der Waals surface area contributed by atoms with Crippen molar-refractivity contribution in [1.82, 2.24) is 5.32 Å². The second-order valence-electron chi connectivity index (χ2n) is 5.35. The first kappa shape index (κ1) is 12.9. The Kier molecular flexibility index (Phi) is 3.90. The van der Waals surface area contributed by atoms with E-state index >= 15 is 0 Å². The number of carbonyl (C=O) groups is 1. The minimum Gasteiger partial charge on any atom is -0.368 e. The van der Waals surface area contributed by atoms with Crippen molar-refractivity contribution < 1.29 is 4.79 Å². The molecular weight excluding hydrogens is 224 g/mol. The van der Waals surface area contributed by atoms with Crippen LogP contribution >= 0.6 is 0 Å². The van der Waals surface area contributed by atoms with E-state index < -0.39 is 0 Å². The van der Waals surface area contributed by atoms with Crippen LogP contribution in [0.2, 0.25) is 0 Å². The van der Waals surface area contributed by atoms with Crippen molar-refractivity contribution >= 4 is 11.6 Å². The number of amides is 1. The van der Waals surface area contributed by atoms with Crippen LogP contribution in [0.15, 0.2) is 24.3 Å². The minimum atomic E-state index is 0.140. The largest absolute Gasteiger partial charge is 0.368 e. The number of para-hydroxylation sites is 1. The van der Waals surface area contributed by atoms with Gasteiger partial charge in [-0.2, -0.15) is 0 Å². The molecule has 1 aliphatic heterocycles. The van der Waals surface area contributed by atoms with E-state index in [9.17, 15) is 4.79 Å². The molecule has 3 nitrogen and oxygen atoms in total. The van der Waals surface area contributed by atoms with Crippen LogP contribution in [0, 0.1) is 0 Å². The Labute approximate surface area is 109 Å². The molecule has 2 rings (SSSR count). The molecule has 1 unspecified atom stereocenters. The standard InChI is InChI=1S/C15H22N2O/c1-11(2)16-15(18)8-9-17-12(3)10-13-6-4-5-7-14(13)17/h4-7,11-12H,8-10H2,1-3H3,(H,16,18). The molecule has 18 heavy (non-hydrogen) atoms. The van der Waals surface area contributed by atoms with Gasteiger partial charge in [0.15, 0.2) is 0 Å². The zero-order chi connectivity index (χ0) is 13.1. The van der Waals surface area contributed by atoms with Crippen molar-refractivity contribution in [3.05, 3.63) is 29.8 Å². The number of hydrogen-bond acceptors (Lipinski definition) is 2. The molecule has 1 aliphatic rings. The number of nitrogens with one attached hydrogen (secondary N) is 1. The Morgan fingerprint density at radius 1 is 1.44 bits per heavy atom. The fourth-order valence-electron chi connectivity index (χ4n) is 2.59. The van der Waals surface area contributed by atoms with Gasteiger partial charge in [0.05, 0.1) is 0 Å². The van der Waals surface area contributed by atoms with Crippen LogP contribution in [0.1, 0.15) is 32.8 Å². The number of hydrogen-bond donors (Lipinski definition) is 1. The van der Waals surface area contributed by atoms with Crippen LogP contribution in [0.25, 0.3) is 0 Å². The first-order valence-corrected chi connectivity index (χ1v) is 6.72. The monoisotopic (exact) mass is 246 g/mol. The molecule has 3 heteroatoms. The third kappa shape index (κ3) is 2.84. The smallest absolute Gasteiger partial charge is 0.221 e. The first-order valence-electron chi connectivity index (χ1n) is 6.72. The van der Waals surface area contributed by atoms with E-state index in [-0.39, 0.29) is 11.9 Å². The molecule has 1 atom stereocenters. The van der Waals surface area contributed by atoms with Gasteiger partial charge in [0.25, 0.3) is 0 Å². The molecule has 1 aromatic carbocycles. The van der Waals surface area contributed by atoms with Crippen molar-refractivity contribution in [2.75, 3.05) is 11.4 Å². The van der Waals surface area contributed by atoms with Gasteiger partial charge < -0.3 is 10.2 Å². The summed E-state index contributed by atoms with van der Waals surface area (Å²) in [4.78, 5) is 14.0. The molecule has 0 bridgehead atoms. The van der Waals surface area contributed by atoms with E-state index in [2.05, 4.69) is 41.4 Å². The number of rotatable bonds is 4. The van der Waals surface area contributed by atoms with Gasteiger partial charge in [-0.25, -0.2) is 0 Å². The van der Waals surface area contributed by atoms with Gasteiger partial charge in [-0.3, -0.25) is 4.79 Å². The zero-order valence-corrected chi connectivity index (χ0v) is 11.4. The van der Waals surface area contributed by atoms with E-state index in [0.717, 1.165) is 13.0 Å². The van der Waals surface area contributed by atoms with Gasteiger partial charge in [0.2, 0.25) is 5.91 Å². The molecule has 0 saturated carbocycles. The van der Waals surface area contributed by atoms with E-state index in [0.29, 0.717) is 12.5 Å². The lowest BCUT2D eigenvalue weighted by atomic mass is 10.1. The summed E-state index contributed by atoms with van der Waals surface area (Å²) in [6, 6.07) is 9.20. The van der Waals surface area contributed by atoms with Crippen LogP contribution in [-0.4, -0.2) is 24.5 Å². The molecule has 0 aliphatic carbocycles. The van der Waals surface area contributed by atoms with Crippen LogP contribution in [-0.2, 0) is 11.2 Å². The lowest BCUT2D eigenvalue weighted by molar-refractivity contribution is -0.121. The molecule has 1 aromatic rings. The second-order valence-corrected chi connectivity index (χ2v) is 5.35. The summed E-state index contributed by atoms with van der Waals surface area (Å²) >= 11 is 0. The quantitative estimate of drug-likeness (QED) is 0.884. The lowest BCUT2D eigenvalue weighted by Gasteiger charge is -2.24. The van der Waals surface area contributed by atoms with Gasteiger partial charge >= 0.3 is 0 Å². The number of anilines is 1. The van der Waals surface area contributed by atoms with Crippen molar-refractivity contribution in [2.45, 2.75) is 45.7 Å². The maximum atomic E-state index is 11.7. The summed E-state index contributed by atoms with van der Waals surface area (Å²) in [7, 11) is 0. The third-order valence-electron chi connectivity index (χ3n) is 3.38. The molecule has 1 heterocycles. The summed E-state index contributed by atoms with van der Waals surface area (Å²) in [5.74, 6) is 0.140. The average molecular weight is 246 g/mol. The van der Waals surface area contributed by atoms with Crippen molar-refractivity contribution in [3.63, 3.8) is 0 Å². The van der Waals surface area contributed by atoms with Crippen LogP contribution in [0.4, 0.5) is 5.69 Å². The predicted octanol–water partition coefficient (Wildman–Crippen LogP) is 2.35. The SMILES string of the molecule is CC(C)NC(=O)CCN1c2ccccc2CC1C. The highest BCUT2D eigenvalue weighted by molar-refractivity contribution is 5.77. The number of nitrogens with zero attached hydrogens (tertiary/aromatic N) is 1. The third-order valence-corrected chi connectivity index (χ3v) is 3.38. The Morgan fingerprint density at radius 2 is 2.17 bits per heavy atom. The fourth-order valence-corrected chi connectivity index (χ4v) is 2.59. The zero-order valence-electron chi connectivity index (χ0n) is 11.4. The molecule has 0 spiro atoms. The highest BCUT2D eigenvalue weighted by Crippen LogP contribution is 2.31. The highest BCUT2D eigenvalue weighted by Gasteiger charge is 2.25. The summed E-state index contributed by atoms with van der Waals surface area (Å²) in [5, 5.41) is 2.94. The highest BCUT2D eigenvalue weighted by atomic mass is 16.1. The Bertz CT molecular complexity index is 428. The average Bonchev–Trinajstić information content (AvgIpc) is 2.61. The van der Waals surface area contributed by atoms with E-state index in [1.54, 1.807) is 0 Å². The molecule has 1 N–H and O–H groups in total. The molecule has 0 aromatic heterocycles. The Balaban J connectivity index is 1.96. The van der Waals surface area contributed by atoms with Gasteiger partial charge in [-0.1, -0.05) is 18.2 Å².